The van der Waals surface area contributed by atoms with Crippen molar-refractivity contribution >= 4 is 41.5 Å². The number of aliphatic hydroxyl groups is 2. The van der Waals surface area contributed by atoms with Crippen LogP contribution in [0.2, 0.25) is 0 Å². The maximum absolute atomic E-state index is 14.5. The van der Waals surface area contributed by atoms with Crippen LogP contribution in [0.25, 0.3) is 21.9 Å². The summed E-state index contributed by atoms with van der Waals surface area (Å²) in [5.74, 6) is -0.319. The van der Waals surface area contributed by atoms with E-state index >= 15 is 0 Å². The van der Waals surface area contributed by atoms with Crippen LogP contribution in [0.5, 0.6) is 5.75 Å². The summed E-state index contributed by atoms with van der Waals surface area (Å²) in [6, 6.07) is 20.6. The largest absolute Gasteiger partial charge is 0.460 e. The Morgan fingerprint density at radius 2 is 1.76 bits per heavy atom. The van der Waals surface area contributed by atoms with Crippen LogP contribution < -0.4 is 15.3 Å². The Morgan fingerprint density at radius 1 is 1.02 bits per heavy atom. The second-order valence-corrected chi connectivity index (χ2v) is 12.5. The fourth-order valence-corrected chi connectivity index (χ4v) is 6.98. The van der Waals surface area contributed by atoms with Crippen LogP contribution in [0, 0.1) is 0 Å². The van der Waals surface area contributed by atoms with E-state index < -0.39 is 50.4 Å². The molecule has 5 N–H and O–H groups in total. The number of carbonyl (C=O) groups is 1. The van der Waals surface area contributed by atoms with Crippen LogP contribution in [0.15, 0.2) is 85.5 Å². The molecule has 5 aromatic rings. The number of imidazole rings is 1. The smallest absolute Gasteiger partial charge is 0.459 e. The zero-order valence-electron chi connectivity index (χ0n) is 24.9. The van der Waals surface area contributed by atoms with Crippen LogP contribution in [-0.2, 0) is 30.0 Å². The molecule has 0 aliphatic carbocycles. The standard InChI is InChI=1S/C31H33N6O8P/c1-18(31(40)42-15-20-9-4-3-5-10-20)36-46(41,45-23-14-8-12-21-11-6-7-13-22(21)23)44-19(2)27-25(38)26(39)30(43-27)37-17-35-24-28(32)33-16-34-29(24)37/h3-14,16-19,25-27,30,38-39H,15H2,1-2H3,(H,36,41)(H2,32,33,34)/t18-,19-,25-,26+,27+,30+,46?/m0/s1. The van der Waals surface area contributed by atoms with Gasteiger partial charge in [-0.1, -0.05) is 66.7 Å². The van der Waals surface area contributed by atoms with Gasteiger partial charge in [-0.05, 0) is 30.9 Å². The van der Waals surface area contributed by atoms with Gasteiger partial charge in [0.05, 0.1) is 12.4 Å². The number of aliphatic hydroxyl groups excluding tert-OH is 2. The van der Waals surface area contributed by atoms with Crippen molar-refractivity contribution in [2.45, 2.75) is 57.1 Å². The van der Waals surface area contributed by atoms with Crippen molar-refractivity contribution in [1.82, 2.24) is 24.6 Å². The highest BCUT2D eigenvalue weighted by Crippen LogP contribution is 2.49. The molecular formula is C31H33N6O8P. The Hall–Kier alpha value is -4.43. The zero-order chi connectivity index (χ0) is 32.4. The first-order chi connectivity index (χ1) is 22.1. The van der Waals surface area contributed by atoms with Crippen LogP contribution in [0.3, 0.4) is 0 Å². The Labute approximate surface area is 263 Å². The summed E-state index contributed by atoms with van der Waals surface area (Å²) in [6.07, 6.45) is -3.77. The SMILES string of the molecule is C[C@H](NP(=O)(Oc1cccc2ccccc12)O[C@@H](C)[C@H]1O[C@@H](n2cnc3c(N)ncnc32)[C@H](O)[C@@H]1O)C(=O)OCc1ccccc1. The Balaban J connectivity index is 1.24. The molecule has 15 heteroatoms. The minimum atomic E-state index is -4.41. The summed E-state index contributed by atoms with van der Waals surface area (Å²) in [5.41, 5.74) is 7.26. The molecule has 0 amide bonds. The fraction of sp³-hybridized carbons (Fsp3) is 0.290. The molecule has 0 radical (unpaired) electrons. The van der Waals surface area contributed by atoms with Gasteiger partial charge in [-0.25, -0.2) is 19.5 Å². The van der Waals surface area contributed by atoms with Gasteiger partial charge in [-0.2, -0.15) is 5.09 Å². The van der Waals surface area contributed by atoms with E-state index in [-0.39, 0.29) is 23.8 Å². The van der Waals surface area contributed by atoms with E-state index in [0.29, 0.717) is 10.9 Å². The number of esters is 1. The van der Waals surface area contributed by atoms with E-state index in [9.17, 15) is 19.6 Å². The lowest BCUT2D eigenvalue weighted by Gasteiger charge is -2.29. The van der Waals surface area contributed by atoms with E-state index in [2.05, 4.69) is 20.0 Å². The predicted octanol–water partition coefficient (Wildman–Crippen LogP) is 3.49. The van der Waals surface area contributed by atoms with E-state index in [4.69, 9.17) is 24.3 Å². The van der Waals surface area contributed by atoms with Gasteiger partial charge >= 0.3 is 13.7 Å². The van der Waals surface area contributed by atoms with Crippen molar-refractivity contribution in [1.29, 1.82) is 0 Å². The number of carbonyl (C=O) groups excluding carboxylic acids is 1. The molecule has 14 nitrogen and oxygen atoms in total. The normalized spacial score (nSPS) is 22.3. The Bertz CT molecular complexity index is 1890. The third-order valence-electron chi connectivity index (χ3n) is 7.60. The molecular weight excluding hydrogens is 615 g/mol. The third-order valence-corrected chi connectivity index (χ3v) is 9.35. The number of nitrogen functional groups attached to an aromatic ring is 1. The quantitative estimate of drug-likeness (QED) is 0.120. The van der Waals surface area contributed by atoms with Gasteiger partial charge in [-0.3, -0.25) is 13.9 Å². The summed E-state index contributed by atoms with van der Waals surface area (Å²) < 4.78 is 39.4. The molecule has 2 aromatic heterocycles. The summed E-state index contributed by atoms with van der Waals surface area (Å²) in [4.78, 5) is 25.2. The van der Waals surface area contributed by atoms with Crippen LogP contribution >= 0.6 is 7.75 Å². The first-order valence-electron chi connectivity index (χ1n) is 14.5. The van der Waals surface area contributed by atoms with E-state index in [1.165, 1.54) is 31.1 Å². The van der Waals surface area contributed by atoms with E-state index in [0.717, 1.165) is 10.9 Å². The highest BCUT2D eigenvalue weighted by atomic mass is 31.2. The molecule has 1 saturated heterocycles. The molecule has 1 unspecified atom stereocenters. The highest BCUT2D eigenvalue weighted by Gasteiger charge is 2.49. The van der Waals surface area contributed by atoms with E-state index in [1.807, 2.05) is 54.6 Å². The minimum Gasteiger partial charge on any atom is -0.460 e. The van der Waals surface area contributed by atoms with Gasteiger partial charge in [0, 0.05) is 5.39 Å². The topological polar surface area (TPSA) is 193 Å². The average Bonchev–Trinajstić information content (AvgIpc) is 3.61. The van der Waals surface area contributed by atoms with Gasteiger partial charge in [0.15, 0.2) is 17.7 Å². The maximum Gasteiger partial charge on any atom is 0.459 e. The molecule has 6 rings (SSSR count). The number of rotatable bonds is 11. The summed E-state index contributed by atoms with van der Waals surface area (Å²) in [5, 5.41) is 26.2. The minimum absolute atomic E-state index is 0.0122. The van der Waals surface area contributed by atoms with Crippen LogP contribution in [-0.4, -0.2) is 66.2 Å². The lowest BCUT2D eigenvalue weighted by atomic mass is 10.1. The number of hydrogen-bond donors (Lipinski definition) is 4. The molecule has 3 heterocycles. The lowest BCUT2D eigenvalue weighted by Crippen LogP contribution is -2.41. The number of benzene rings is 3. The first kappa shape index (κ1) is 31.5. The second-order valence-electron chi connectivity index (χ2n) is 10.9. The van der Waals surface area contributed by atoms with Gasteiger partial charge in [-0.15, -0.1) is 0 Å². The van der Waals surface area contributed by atoms with Crippen molar-refractivity contribution in [3.8, 4) is 5.75 Å². The van der Waals surface area contributed by atoms with Crippen molar-refractivity contribution in [3.63, 3.8) is 0 Å². The summed E-state index contributed by atoms with van der Waals surface area (Å²) >= 11 is 0. The fourth-order valence-electron chi connectivity index (χ4n) is 5.27. The molecule has 0 saturated carbocycles. The summed E-state index contributed by atoms with van der Waals surface area (Å²) in [7, 11) is -4.41. The van der Waals surface area contributed by atoms with Crippen LogP contribution in [0.4, 0.5) is 5.82 Å². The number of hydrogen-bond acceptors (Lipinski definition) is 12. The summed E-state index contributed by atoms with van der Waals surface area (Å²) in [6.45, 7) is 2.99. The van der Waals surface area contributed by atoms with Crippen molar-refractivity contribution in [2.24, 2.45) is 0 Å². The number of nitrogens with zero attached hydrogens (tertiary/aromatic N) is 4. The monoisotopic (exact) mass is 648 g/mol. The van der Waals surface area contributed by atoms with Gasteiger partial charge < -0.3 is 29.9 Å². The zero-order valence-corrected chi connectivity index (χ0v) is 25.8. The first-order valence-corrected chi connectivity index (χ1v) is 16.1. The van der Waals surface area contributed by atoms with Crippen LogP contribution in [0.1, 0.15) is 25.6 Å². The molecule has 240 valence electrons. The number of aromatic nitrogens is 4. The number of ether oxygens (including phenoxy) is 2. The van der Waals surface area contributed by atoms with E-state index in [1.54, 1.807) is 18.2 Å². The van der Waals surface area contributed by atoms with Crippen molar-refractivity contribution in [2.75, 3.05) is 5.73 Å². The number of anilines is 1. The predicted molar refractivity (Wildman–Crippen MR) is 167 cm³/mol. The third kappa shape index (κ3) is 6.44. The molecule has 3 aromatic carbocycles. The van der Waals surface area contributed by atoms with Gasteiger partial charge in [0.25, 0.3) is 0 Å². The maximum atomic E-state index is 14.5. The molecule has 7 atom stereocenters. The number of fused-ring (bicyclic) bond motifs is 2. The highest BCUT2D eigenvalue weighted by molar-refractivity contribution is 7.52. The molecule has 46 heavy (non-hydrogen) atoms. The molecule has 0 bridgehead atoms. The Morgan fingerprint density at radius 3 is 2.57 bits per heavy atom. The molecule has 1 fully saturated rings. The van der Waals surface area contributed by atoms with Gasteiger partial charge in [0.1, 0.15) is 48.6 Å². The van der Waals surface area contributed by atoms with Crippen molar-refractivity contribution < 1.29 is 38.1 Å². The van der Waals surface area contributed by atoms with Gasteiger partial charge in [0.2, 0.25) is 0 Å². The van der Waals surface area contributed by atoms with Crippen molar-refractivity contribution in [3.05, 3.63) is 91.0 Å². The Kier molecular flexibility index (Phi) is 9.00. The molecule has 1 aliphatic rings. The lowest BCUT2D eigenvalue weighted by molar-refractivity contribution is -0.146. The number of nitrogens with two attached hydrogens (primary N) is 1. The molecule has 0 spiro atoms. The number of nitrogens with one attached hydrogen (secondary N) is 1. The molecule has 1 aliphatic heterocycles. The second kappa shape index (κ2) is 13.1. The average molecular weight is 649 g/mol.